The van der Waals surface area contributed by atoms with Gasteiger partial charge in [0.15, 0.2) is 0 Å². The van der Waals surface area contributed by atoms with Gasteiger partial charge in [0.1, 0.15) is 0 Å². The molecule has 0 unspecified atom stereocenters. The Morgan fingerprint density at radius 1 is 0.889 bits per heavy atom. The Bertz CT molecular complexity index is 1370. The molecule has 0 radical (unpaired) electrons. The van der Waals surface area contributed by atoms with E-state index >= 15 is 0 Å². The van der Waals surface area contributed by atoms with Crippen LogP contribution in [-0.4, -0.2) is 26.3 Å². The van der Waals surface area contributed by atoms with Crippen LogP contribution < -0.4 is 9.73 Å². The highest BCUT2D eigenvalue weighted by Crippen LogP contribution is 2.24. The third-order valence-corrected chi connectivity index (χ3v) is 7.36. The number of aryl methyl sites for hydroxylation is 2. The van der Waals surface area contributed by atoms with E-state index in [4.69, 9.17) is 0 Å². The second-order valence-electron chi connectivity index (χ2n) is 10.2. The summed E-state index contributed by atoms with van der Waals surface area (Å²) in [5.41, 5.74) is 9.50. The molecular weight excluding hydrogens is 470 g/mol. The molecule has 0 fully saturated rings. The molecule has 1 N–H and O–H groups in total. The van der Waals surface area contributed by atoms with E-state index in [0.717, 1.165) is 22.3 Å². The second-order valence-corrected chi connectivity index (χ2v) is 12.1. The maximum atomic E-state index is 12.6. The van der Waals surface area contributed by atoms with Gasteiger partial charge in [0.2, 0.25) is 10.0 Å². The molecule has 0 atom stereocenters. The average molecular weight is 506 g/mol. The van der Waals surface area contributed by atoms with E-state index in [2.05, 4.69) is 43.4 Å². The Balaban J connectivity index is 1.70. The van der Waals surface area contributed by atoms with E-state index in [1.807, 2.05) is 51.1 Å². The minimum Gasteiger partial charge on any atom is -0.267 e. The number of hydrogen-bond donors (Lipinski definition) is 1. The summed E-state index contributed by atoms with van der Waals surface area (Å²) in [4.78, 5) is 12.6. The Morgan fingerprint density at radius 2 is 1.47 bits per heavy atom. The Kier molecular flexibility index (Phi) is 8.04. The van der Waals surface area contributed by atoms with Crippen LogP contribution in [0.2, 0.25) is 0 Å². The highest BCUT2D eigenvalue weighted by Gasteiger charge is 2.19. The summed E-state index contributed by atoms with van der Waals surface area (Å²) in [6.07, 6.45) is 1.20. The van der Waals surface area contributed by atoms with E-state index in [-0.39, 0.29) is 17.9 Å². The van der Waals surface area contributed by atoms with Gasteiger partial charge in [-0.25, -0.2) is 13.8 Å². The lowest BCUT2D eigenvalue weighted by Gasteiger charge is -2.23. The summed E-state index contributed by atoms with van der Waals surface area (Å²) >= 11 is 0. The highest BCUT2D eigenvalue weighted by molar-refractivity contribution is 7.92. The smallest absolute Gasteiger partial charge is 0.267 e. The third kappa shape index (κ3) is 6.82. The standard InChI is InChI=1S/C29H35N3O3S/c1-20-8-17-27(18-21(20)2)32(36(7,34)35)19-23-9-11-25(12-10-23)28(33)31-30-22(3)24-13-15-26(16-14-24)29(4,5)6/h8-18H,19H2,1-7H3,(H,31,33)/b30-22-. The molecule has 0 aliphatic rings. The number of carbonyl (C=O) groups excluding carboxylic acids is 1. The van der Waals surface area contributed by atoms with Crippen LogP contribution in [0.25, 0.3) is 0 Å². The molecular formula is C29H35N3O3S. The van der Waals surface area contributed by atoms with Gasteiger partial charge in [0, 0.05) is 5.56 Å². The summed E-state index contributed by atoms with van der Waals surface area (Å²) in [5, 5.41) is 4.25. The first-order chi connectivity index (χ1) is 16.8. The van der Waals surface area contributed by atoms with Crippen molar-refractivity contribution in [3.05, 3.63) is 100 Å². The Morgan fingerprint density at radius 3 is 2.00 bits per heavy atom. The van der Waals surface area contributed by atoms with Crippen LogP contribution in [0.15, 0.2) is 71.8 Å². The summed E-state index contributed by atoms with van der Waals surface area (Å²) in [5.74, 6) is -0.332. The van der Waals surface area contributed by atoms with Gasteiger partial charge >= 0.3 is 0 Å². The first-order valence-electron chi connectivity index (χ1n) is 11.8. The first kappa shape index (κ1) is 27.1. The number of hydrazone groups is 1. The van der Waals surface area contributed by atoms with E-state index < -0.39 is 10.0 Å². The molecule has 0 heterocycles. The maximum Gasteiger partial charge on any atom is 0.271 e. The van der Waals surface area contributed by atoms with Crippen molar-refractivity contribution in [2.24, 2.45) is 5.10 Å². The summed E-state index contributed by atoms with van der Waals surface area (Å²) in [6, 6.07) is 20.6. The fourth-order valence-electron chi connectivity index (χ4n) is 3.68. The number of nitrogens with one attached hydrogen (secondary N) is 1. The molecule has 7 heteroatoms. The maximum absolute atomic E-state index is 12.6. The third-order valence-electron chi connectivity index (χ3n) is 6.21. The molecule has 0 saturated carbocycles. The number of hydrogen-bond acceptors (Lipinski definition) is 4. The Hall–Kier alpha value is -3.45. The van der Waals surface area contributed by atoms with Gasteiger partial charge in [-0.2, -0.15) is 5.10 Å². The molecule has 0 saturated heterocycles. The molecule has 0 aliphatic heterocycles. The summed E-state index contributed by atoms with van der Waals surface area (Å²) in [6.45, 7) is 12.5. The Labute approximate surface area is 215 Å². The molecule has 3 aromatic rings. The first-order valence-corrected chi connectivity index (χ1v) is 13.7. The van der Waals surface area contributed by atoms with Crippen LogP contribution in [-0.2, 0) is 22.0 Å². The summed E-state index contributed by atoms with van der Waals surface area (Å²) in [7, 11) is -3.49. The van der Waals surface area contributed by atoms with Gasteiger partial charge < -0.3 is 0 Å². The topological polar surface area (TPSA) is 78.8 Å². The molecule has 1 amide bonds. The zero-order valence-electron chi connectivity index (χ0n) is 22.1. The minimum absolute atomic E-state index is 0.0708. The molecule has 36 heavy (non-hydrogen) atoms. The molecule has 3 rings (SSSR count). The highest BCUT2D eigenvalue weighted by atomic mass is 32.2. The molecule has 0 bridgehead atoms. The second kappa shape index (κ2) is 10.7. The number of benzene rings is 3. The fourth-order valence-corrected chi connectivity index (χ4v) is 4.56. The minimum atomic E-state index is -3.49. The molecule has 0 spiro atoms. The quantitative estimate of drug-likeness (QED) is 0.329. The van der Waals surface area contributed by atoms with Crippen molar-refractivity contribution in [3.63, 3.8) is 0 Å². The normalized spacial score (nSPS) is 12.4. The number of amides is 1. The van der Waals surface area contributed by atoms with Crippen LogP contribution >= 0.6 is 0 Å². The molecule has 0 aromatic heterocycles. The molecule has 0 aliphatic carbocycles. The predicted molar refractivity (Wildman–Crippen MR) is 148 cm³/mol. The SMILES string of the molecule is C/C(=N/NC(=O)c1ccc(CN(c2ccc(C)c(C)c2)S(C)(=O)=O)cc1)c1ccc(C(C)(C)C)cc1. The van der Waals surface area contributed by atoms with Gasteiger partial charge in [-0.05, 0) is 78.3 Å². The lowest BCUT2D eigenvalue weighted by Crippen LogP contribution is -2.29. The van der Waals surface area contributed by atoms with Gasteiger partial charge in [-0.1, -0.05) is 63.2 Å². The lowest BCUT2D eigenvalue weighted by molar-refractivity contribution is 0.0955. The van der Waals surface area contributed by atoms with Crippen LogP contribution in [0.5, 0.6) is 0 Å². The van der Waals surface area contributed by atoms with E-state index in [9.17, 15) is 13.2 Å². The number of carbonyl (C=O) groups is 1. The van der Waals surface area contributed by atoms with Gasteiger partial charge in [0.05, 0.1) is 24.2 Å². The zero-order chi connectivity index (χ0) is 26.7. The van der Waals surface area contributed by atoms with Gasteiger partial charge in [0.25, 0.3) is 5.91 Å². The monoisotopic (exact) mass is 505 g/mol. The summed E-state index contributed by atoms with van der Waals surface area (Å²) < 4.78 is 26.3. The van der Waals surface area contributed by atoms with Crippen molar-refractivity contribution < 1.29 is 13.2 Å². The van der Waals surface area contributed by atoms with Crippen molar-refractivity contribution in [3.8, 4) is 0 Å². The van der Waals surface area contributed by atoms with Crippen molar-refractivity contribution in [1.29, 1.82) is 0 Å². The van der Waals surface area contributed by atoms with Crippen LogP contribution in [0.3, 0.4) is 0 Å². The van der Waals surface area contributed by atoms with E-state index in [0.29, 0.717) is 17.0 Å². The van der Waals surface area contributed by atoms with Crippen molar-refractivity contribution in [2.45, 2.75) is 53.5 Å². The van der Waals surface area contributed by atoms with Crippen molar-refractivity contribution >= 4 is 27.3 Å². The van der Waals surface area contributed by atoms with Crippen LogP contribution in [0.4, 0.5) is 5.69 Å². The number of rotatable bonds is 7. The molecule has 6 nitrogen and oxygen atoms in total. The van der Waals surface area contributed by atoms with Crippen LogP contribution in [0.1, 0.15) is 65.9 Å². The van der Waals surface area contributed by atoms with Gasteiger partial charge in [-0.3, -0.25) is 9.10 Å². The van der Waals surface area contributed by atoms with Crippen LogP contribution in [0, 0.1) is 13.8 Å². The van der Waals surface area contributed by atoms with Crippen molar-refractivity contribution in [2.75, 3.05) is 10.6 Å². The molecule has 190 valence electrons. The van der Waals surface area contributed by atoms with E-state index in [1.54, 1.807) is 24.3 Å². The average Bonchev–Trinajstić information content (AvgIpc) is 2.82. The predicted octanol–water partition coefficient (Wildman–Crippen LogP) is 5.72. The number of nitrogens with zero attached hydrogens (tertiary/aromatic N) is 2. The zero-order valence-corrected chi connectivity index (χ0v) is 22.9. The lowest BCUT2D eigenvalue weighted by atomic mass is 9.86. The molecule has 3 aromatic carbocycles. The number of sulfonamides is 1. The number of anilines is 1. The largest absolute Gasteiger partial charge is 0.271 e. The van der Waals surface area contributed by atoms with Crippen molar-refractivity contribution in [1.82, 2.24) is 5.43 Å². The van der Waals surface area contributed by atoms with E-state index in [1.165, 1.54) is 16.1 Å². The van der Waals surface area contributed by atoms with Gasteiger partial charge in [-0.15, -0.1) is 0 Å². The fraction of sp³-hybridized carbons (Fsp3) is 0.310.